The number of imidazole rings is 1. The van der Waals surface area contributed by atoms with Gasteiger partial charge >= 0.3 is 5.43 Å². The molecule has 0 unspecified atom stereocenters. The van der Waals surface area contributed by atoms with E-state index in [4.69, 9.17) is 21.3 Å². The number of para-hydroxylation sites is 1. The van der Waals surface area contributed by atoms with Gasteiger partial charge in [0.05, 0.1) is 11.0 Å². The molecule has 6 aromatic rings. The maximum Gasteiger partial charge on any atom is 0.404 e. The van der Waals surface area contributed by atoms with Gasteiger partial charge in [0.2, 0.25) is 0 Å². The Hall–Kier alpha value is -4.15. The Bertz CT molecular complexity index is 1670. The fourth-order valence-corrected chi connectivity index (χ4v) is 4.61. The average molecular weight is 463 g/mol. The van der Waals surface area contributed by atoms with Crippen molar-refractivity contribution in [3.8, 4) is 17.1 Å². The number of fused-ring (bicyclic) bond motifs is 5. The van der Waals surface area contributed by atoms with E-state index in [1.165, 1.54) is 16.2 Å². The second-order valence-electron chi connectivity index (χ2n) is 8.14. The van der Waals surface area contributed by atoms with Crippen LogP contribution in [0.3, 0.4) is 0 Å². The van der Waals surface area contributed by atoms with Crippen LogP contribution in [0.15, 0.2) is 103 Å². The summed E-state index contributed by atoms with van der Waals surface area (Å²) in [4.78, 5) is 16.1. The van der Waals surface area contributed by atoms with Crippen molar-refractivity contribution in [1.82, 2.24) is 9.55 Å². The Balaban J connectivity index is 1.59. The molecule has 0 bridgehead atoms. The lowest BCUT2D eigenvalue weighted by molar-refractivity contribution is 0.167. The first kappa shape index (κ1) is 20.5. The van der Waals surface area contributed by atoms with E-state index in [9.17, 15) is 4.79 Å². The van der Waals surface area contributed by atoms with Crippen LogP contribution in [-0.4, -0.2) is 15.0 Å². The van der Waals surface area contributed by atoms with Gasteiger partial charge in [0.15, 0.2) is 0 Å². The lowest BCUT2D eigenvalue weighted by atomic mass is 10.0. The second-order valence-corrected chi connectivity index (χ2v) is 8.45. The maximum atomic E-state index is 10.9. The fraction of sp³-hybridized carbons (Fsp3) is 0.0345. The SMILES string of the molecule is O=C(Cl)OCc1ccc(-c2nc3c4ccc5ccccc5c4ccc3n2-c2ccccc2)cc1. The second kappa shape index (κ2) is 8.32. The predicted molar refractivity (Wildman–Crippen MR) is 138 cm³/mol. The molecule has 6 rings (SSSR count). The number of ether oxygens (including phenoxy) is 1. The predicted octanol–water partition coefficient (Wildman–Crippen LogP) is 7.87. The summed E-state index contributed by atoms with van der Waals surface area (Å²) in [5, 5.41) is 4.74. The van der Waals surface area contributed by atoms with E-state index < -0.39 is 5.43 Å². The van der Waals surface area contributed by atoms with Crippen molar-refractivity contribution in [3.63, 3.8) is 0 Å². The molecular weight excluding hydrogens is 444 g/mol. The number of carbonyl (C=O) groups is 1. The Kier molecular flexibility index (Phi) is 5.01. The largest absolute Gasteiger partial charge is 0.449 e. The van der Waals surface area contributed by atoms with E-state index in [1.807, 2.05) is 42.5 Å². The number of rotatable bonds is 4. The van der Waals surface area contributed by atoms with E-state index in [2.05, 4.69) is 65.2 Å². The third-order valence-corrected chi connectivity index (χ3v) is 6.23. The van der Waals surface area contributed by atoms with Crippen molar-refractivity contribution in [2.45, 2.75) is 6.61 Å². The van der Waals surface area contributed by atoms with E-state index in [0.29, 0.717) is 0 Å². The van der Waals surface area contributed by atoms with Gasteiger partial charge in [-0.15, -0.1) is 0 Å². The Morgan fingerprint density at radius 3 is 2.29 bits per heavy atom. The highest BCUT2D eigenvalue weighted by molar-refractivity contribution is 6.61. The highest BCUT2D eigenvalue weighted by atomic mass is 35.5. The zero-order valence-electron chi connectivity index (χ0n) is 18.1. The van der Waals surface area contributed by atoms with Crippen LogP contribution in [0, 0.1) is 0 Å². The molecule has 0 aliphatic heterocycles. The van der Waals surface area contributed by atoms with E-state index in [-0.39, 0.29) is 6.61 Å². The van der Waals surface area contributed by atoms with Crippen molar-refractivity contribution < 1.29 is 9.53 Å². The minimum absolute atomic E-state index is 0.134. The normalized spacial score (nSPS) is 11.3. The number of aromatic nitrogens is 2. The first-order valence-corrected chi connectivity index (χ1v) is 11.4. The molecule has 164 valence electrons. The van der Waals surface area contributed by atoms with Crippen LogP contribution in [0.25, 0.3) is 49.7 Å². The molecule has 0 saturated heterocycles. The molecule has 34 heavy (non-hydrogen) atoms. The Labute approximate surface area is 201 Å². The molecule has 0 atom stereocenters. The molecule has 0 spiro atoms. The summed E-state index contributed by atoms with van der Waals surface area (Å²) >= 11 is 5.30. The molecular formula is C29H19ClN2O2. The van der Waals surface area contributed by atoms with Gasteiger partial charge in [-0.1, -0.05) is 84.9 Å². The Morgan fingerprint density at radius 1 is 0.765 bits per heavy atom. The van der Waals surface area contributed by atoms with Gasteiger partial charge in [-0.05, 0) is 39.9 Å². The molecule has 0 aliphatic carbocycles. The first-order chi connectivity index (χ1) is 16.7. The first-order valence-electron chi connectivity index (χ1n) is 11.0. The van der Waals surface area contributed by atoms with Crippen molar-refractivity contribution in [2.75, 3.05) is 0 Å². The minimum Gasteiger partial charge on any atom is -0.449 e. The smallest absolute Gasteiger partial charge is 0.404 e. The van der Waals surface area contributed by atoms with Gasteiger partial charge in [-0.25, -0.2) is 9.78 Å². The molecule has 5 heteroatoms. The van der Waals surface area contributed by atoms with Crippen molar-refractivity contribution in [2.24, 2.45) is 0 Å². The Morgan fingerprint density at radius 2 is 1.50 bits per heavy atom. The van der Waals surface area contributed by atoms with Gasteiger partial charge in [0.25, 0.3) is 0 Å². The van der Waals surface area contributed by atoms with Crippen molar-refractivity contribution >= 4 is 49.6 Å². The quantitative estimate of drug-likeness (QED) is 0.198. The van der Waals surface area contributed by atoms with Gasteiger partial charge in [0, 0.05) is 28.2 Å². The molecule has 1 heterocycles. The van der Waals surface area contributed by atoms with Crippen LogP contribution in [0.4, 0.5) is 4.79 Å². The van der Waals surface area contributed by atoms with Gasteiger partial charge in [-0.3, -0.25) is 4.57 Å². The highest BCUT2D eigenvalue weighted by Crippen LogP contribution is 2.35. The van der Waals surface area contributed by atoms with Gasteiger partial charge in [0.1, 0.15) is 12.4 Å². The number of carbonyl (C=O) groups excluding carboxylic acids is 1. The summed E-state index contributed by atoms with van der Waals surface area (Å²) < 4.78 is 7.10. The lowest BCUT2D eigenvalue weighted by Crippen LogP contribution is -1.98. The molecule has 1 aromatic heterocycles. The van der Waals surface area contributed by atoms with Gasteiger partial charge in [-0.2, -0.15) is 0 Å². The van der Waals surface area contributed by atoms with Crippen molar-refractivity contribution in [3.05, 3.63) is 109 Å². The van der Waals surface area contributed by atoms with Crippen molar-refractivity contribution in [1.29, 1.82) is 0 Å². The number of hydrogen-bond donors (Lipinski definition) is 0. The standard InChI is InChI=1S/C29H19ClN2O2/c30-29(33)34-18-19-10-12-21(13-11-19)28-31-27-25-15-14-20-6-4-5-9-23(20)24(25)16-17-26(27)32(28)22-7-2-1-3-8-22/h1-17H,18H2. The fourth-order valence-electron chi connectivity index (χ4n) is 4.55. The van der Waals surface area contributed by atoms with Crippen LogP contribution in [0.5, 0.6) is 0 Å². The van der Waals surface area contributed by atoms with Crippen LogP contribution in [0.2, 0.25) is 0 Å². The highest BCUT2D eigenvalue weighted by Gasteiger charge is 2.17. The summed E-state index contributed by atoms with van der Waals surface area (Å²) in [6.07, 6.45) is 0. The van der Waals surface area contributed by atoms with Gasteiger partial charge < -0.3 is 4.74 Å². The minimum atomic E-state index is -0.811. The average Bonchev–Trinajstić information content (AvgIpc) is 3.28. The van der Waals surface area contributed by atoms with E-state index in [1.54, 1.807) is 0 Å². The third-order valence-electron chi connectivity index (χ3n) is 6.13. The molecule has 0 radical (unpaired) electrons. The van der Waals surface area contributed by atoms with E-state index in [0.717, 1.165) is 39.1 Å². The molecule has 5 aromatic carbocycles. The number of halogens is 1. The third kappa shape index (κ3) is 3.49. The summed E-state index contributed by atoms with van der Waals surface area (Å²) in [5.41, 5.74) is 4.06. The molecule has 4 nitrogen and oxygen atoms in total. The summed E-state index contributed by atoms with van der Waals surface area (Å²) in [6, 6.07) is 35.2. The van der Waals surface area contributed by atoms with Crippen LogP contribution in [-0.2, 0) is 11.3 Å². The molecule has 0 amide bonds. The molecule has 0 fully saturated rings. The number of hydrogen-bond acceptors (Lipinski definition) is 3. The molecule has 0 saturated carbocycles. The van der Waals surface area contributed by atoms with Crippen LogP contribution >= 0.6 is 11.6 Å². The monoisotopic (exact) mass is 462 g/mol. The molecule has 0 aliphatic rings. The number of nitrogens with zero attached hydrogens (tertiary/aromatic N) is 2. The summed E-state index contributed by atoms with van der Waals surface area (Å²) in [5.74, 6) is 0.850. The number of benzene rings is 5. The molecule has 0 N–H and O–H groups in total. The summed E-state index contributed by atoms with van der Waals surface area (Å²) in [6.45, 7) is 0.134. The topological polar surface area (TPSA) is 44.1 Å². The maximum absolute atomic E-state index is 10.9. The summed E-state index contributed by atoms with van der Waals surface area (Å²) in [7, 11) is 0. The van der Waals surface area contributed by atoms with E-state index >= 15 is 0 Å². The van der Waals surface area contributed by atoms with Crippen LogP contribution < -0.4 is 0 Å². The zero-order chi connectivity index (χ0) is 23.1. The zero-order valence-corrected chi connectivity index (χ0v) is 18.9. The lowest BCUT2D eigenvalue weighted by Gasteiger charge is -2.10. The van der Waals surface area contributed by atoms with Crippen LogP contribution in [0.1, 0.15) is 5.56 Å².